The summed E-state index contributed by atoms with van der Waals surface area (Å²) in [6, 6.07) is 17.5. The lowest BCUT2D eigenvalue weighted by atomic mass is 9.91. The summed E-state index contributed by atoms with van der Waals surface area (Å²) in [6.07, 6.45) is 2.73. The van der Waals surface area contributed by atoms with Crippen molar-refractivity contribution in [1.29, 1.82) is 0 Å². The summed E-state index contributed by atoms with van der Waals surface area (Å²) in [4.78, 5) is 14.7. The van der Waals surface area contributed by atoms with Crippen molar-refractivity contribution in [3.8, 4) is 11.1 Å². The maximum atomic E-state index is 13.0. The summed E-state index contributed by atoms with van der Waals surface area (Å²) in [6.45, 7) is 2.26. The van der Waals surface area contributed by atoms with Gasteiger partial charge in [-0.3, -0.25) is 4.79 Å². The number of aliphatic hydroxyl groups excluding tert-OH is 1. The van der Waals surface area contributed by atoms with E-state index < -0.39 is 16.1 Å². The monoisotopic (exact) mass is 442 g/mol. The van der Waals surface area contributed by atoms with Crippen molar-refractivity contribution in [2.24, 2.45) is 5.41 Å². The van der Waals surface area contributed by atoms with Crippen molar-refractivity contribution in [1.82, 2.24) is 9.62 Å². The van der Waals surface area contributed by atoms with E-state index in [-0.39, 0.29) is 23.4 Å². The molecular formula is C24H30N2O4S. The SMILES string of the molecule is CC[C@@H](O)C(=O)N1CC2(CC2)[C@H](NS(C)(=O)=O)[C@@H]1Cc1cccc(-c2ccccc2)c1. The molecule has 1 spiro atoms. The van der Waals surface area contributed by atoms with Crippen LogP contribution in [0.15, 0.2) is 54.6 Å². The summed E-state index contributed by atoms with van der Waals surface area (Å²) in [5.74, 6) is -0.309. The normalized spacial score (nSPS) is 23.1. The van der Waals surface area contributed by atoms with Gasteiger partial charge in [0.2, 0.25) is 10.0 Å². The minimum absolute atomic E-state index is 0.228. The number of aliphatic hydroxyl groups is 1. The van der Waals surface area contributed by atoms with Crippen LogP contribution in [0.3, 0.4) is 0 Å². The highest BCUT2D eigenvalue weighted by Gasteiger charge is 2.61. The molecule has 6 nitrogen and oxygen atoms in total. The number of carbonyl (C=O) groups is 1. The van der Waals surface area contributed by atoms with Gasteiger partial charge < -0.3 is 10.0 Å². The van der Waals surface area contributed by atoms with Gasteiger partial charge in [0.05, 0.1) is 12.3 Å². The number of benzene rings is 2. The minimum Gasteiger partial charge on any atom is -0.383 e. The molecule has 1 aliphatic carbocycles. The molecule has 2 aromatic rings. The van der Waals surface area contributed by atoms with Crippen LogP contribution in [0.1, 0.15) is 31.7 Å². The Labute approximate surface area is 184 Å². The Bertz CT molecular complexity index is 1050. The average Bonchev–Trinajstić information content (AvgIpc) is 3.48. The van der Waals surface area contributed by atoms with Crippen LogP contribution >= 0.6 is 0 Å². The molecule has 0 aromatic heterocycles. The van der Waals surface area contributed by atoms with Crippen LogP contribution in [-0.2, 0) is 21.2 Å². The van der Waals surface area contributed by atoms with Crippen LogP contribution in [0, 0.1) is 5.41 Å². The molecule has 2 N–H and O–H groups in total. The summed E-state index contributed by atoms with van der Waals surface area (Å²) < 4.78 is 27.1. The van der Waals surface area contributed by atoms with Crippen molar-refractivity contribution in [2.45, 2.75) is 50.8 Å². The molecule has 0 bridgehead atoms. The van der Waals surface area contributed by atoms with Crippen molar-refractivity contribution >= 4 is 15.9 Å². The first-order valence-corrected chi connectivity index (χ1v) is 12.7. The lowest BCUT2D eigenvalue weighted by Gasteiger charge is -2.30. The maximum absolute atomic E-state index is 13.0. The van der Waals surface area contributed by atoms with Crippen LogP contribution in [0.2, 0.25) is 0 Å². The Balaban J connectivity index is 1.67. The van der Waals surface area contributed by atoms with E-state index in [1.807, 2.05) is 36.4 Å². The standard InChI is InChI=1S/C24H30N2O4S/c1-3-21(27)23(28)26-16-24(12-13-24)22(25-31(2,29)30)20(26)15-17-8-7-11-19(14-17)18-9-5-4-6-10-18/h4-11,14,20-22,25,27H,3,12-13,15-16H2,1-2H3/t20-,21+,22+/m0/s1. The molecule has 31 heavy (non-hydrogen) atoms. The second kappa shape index (κ2) is 8.37. The van der Waals surface area contributed by atoms with E-state index in [4.69, 9.17) is 0 Å². The quantitative estimate of drug-likeness (QED) is 0.690. The van der Waals surface area contributed by atoms with Crippen molar-refractivity contribution in [2.75, 3.05) is 12.8 Å². The molecule has 1 aliphatic heterocycles. The van der Waals surface area contributed by atoms with Gasteiger partial charge in [0, 0.05) is 18.0 Å². The van der Waals surface area contributed by atoms with Gasteiger partial charge in [0.15, 0.2) is 0 Å². The Morgan fingerprint density at radius 2 is 1.84 bits per heavy atom. The van der Waals surface area contributed by atoms with Gasteiger partial charge in [-0.2, -0.15) is 0 Å². The summed E-state index contributed by atoms with van der Waals surface area (Å²) >= 11 is 0. The molecule has 2 aromatic carbocycles. The third-order valence-electron chi connectivity index (χ3n) is 6.60. The lowest BCUT2D eigenvalue weighted by Crippen LogP contribution is -2.51. The smallest absolute Gasteiger partial charge is 0.251 e. The molecule has 1 saturated heterocycles. The highest BCUT2D eigenvalue weighted by Crippen LogP contribution is 2.55. The molecule has 3 atom stereocenters. The fraction of sp³-hybridized carbons (Fsp3) is 0.458. The largest absolute Gasteiger partial charge is 0.383 e. The van der Waals surface area contributed by atoms with E-state index in [1.54, 1.807) is 11.8 Å². The lowest BCUT2D eigenvalue weighted by molar-refractivity contribution is -0.141. The van der Waals surface area contributed by atoms with Gasteiger partial charge in [-0.15, -0.1) is 0 Å². The molecule has 0 unspecified atom stereocenters. The van der Waals surface area contributed by atoms with Gasteiger partial charge in [-0.1, -0.05) is 61.5 Å². The van der Waals surface area contributed by atoms with E-state index in [1.165, 1.54) is 6.26 Å². The Morgan fingerprint density at radius 1 is 1.16 bits per heavy atom. The van der Waals surface area contributed by atoms with Gasteiger partial charge in [-0.25, -0.2) is 13.1 Å². The number of sulfonamides is 1. The van der Waals surface area contributed by atoms with Crippen LogP contribution < -0.4 is 4.72 Å². The molecular weight excluding hydrogens is 412 g/mol. The topological polar surface area (TPSA) is 86.7 Å². The molecule has 1 amide bonds. The van der Waals surface area contributed by atoms with Gasteiger partial charge in [-0.05, 0) is 42.4 Å². The highest BCUT2D eigenvalue weighted by atomic mass is 32.2. The van der Waals surface area contributed by atoms with E-state index in [9.17, 15) is 18.3 Å². The second-order valence-electron chi connectivity index (χ2n) is 8.96. The van der Waals surface area contributed by atoms with E-state index >= 15 is 0 Å². The summed E-state index contributed by atoms with van der Waals surface area (Å²) in [7, 11) is -3.44. The van der Waals surface area contributed by atoms with E-state index in [2.05, 4.69) is 22.9 Å². The molecule has 166 valence electrons. The minimum atomic E-state index is -3.44. The zero-order valence-corrected chi connectivity index (χ0v) is 18.8. The van der Waals surface area contributed by atoms with E-state index in [0.29, 0.717) is 19.4 Å². The Kier molecular flexibility index (Phi) is 5.94. The van der Waals surface area contributed by atoms with Crippen LogP contribution in [0.5, 0.6) is 0 Å². The number of likely N-dealkylation sites (tertiary alicyclic amines) is 1. The number of amides is 1. The number of hydrogen-bond acceptors (Lipinski definition) is 4. The third kappa shape index (κ3) is 4.68. The predicted octanol–water partition coefficient (Wildman–Crippen LogP) is 2.58. The fourth-order valence-electron chi connectivity index (χ4n) is 4.79. The summed E-state index contributed by atoms with van der Waals surface area (Å²) in [5, 5.41) is 10.2. The molecule has 2 fully saturated rings. The molecule has 0 radical (unpaired) electrons. The Morgan fingerprint density at radius 3 is 2.45 bits per heavy atom. The number of rotatable bonds is 7. The number of hydrogen-bond donors (Lipinski definition) is 2. The predicted molar refractivity (Wildman–Crippen MR) is 121 cm³/mol. The first-order valence-electron chi connectivity index (χ1n) is 10.8. The summed E-state index contributed by atoms with van der Waals surface area (Å²) in [5.41, 5.74) is 2.99. The number of nitrogens with zero attached hydrogens (tertiary/aromatic N) is 1. The first-order chi connectivity index (χ1) is 14.7. The van der Waals surface area contributed by atoms with Crippen molar-refractivity contribution in [3.05, 3.63) is 60.2 Å². The highest BCUT2D eigenvalue weighted by molar-refractivity contribution is 7.88. The van der Waals surface area contributed by atoms with Gasteiger partial charge >= 0.3 is 0 Å². The maximum Gasteiger partial charge on any atom is 0.251 e. The number of nitrogens with one attached hydrogen (secondary N) is 1. The average molecular weight is 443 g/mol. The molecule has 1 saturated carbocycles. The zero-order chi connectivity index (χ0) is 22.2. The van der Waals surface area contributed by atoms with Gasteiger partial charge in [0.1, 0.15) is 6.10 Å². The molecule has 2 aliphatic rings. The third-order valence-corrected chi connectivity index (χ3v) is 7.28. The Hall–Kier alpha value is -2.22. The van der Waals surface area contributed by atoms with Crippen LogP contribution in [0.4, 0.5) is 0 Å². The van der Waals surface area contributed by atoms with Crippen molar-refractivity contribution < 1.29 is 18.3 Å². The number of carbonyl (C=O) groups excluding carboxylic acids is 1. The van der Waals surface area contributed by atoms with Crippen LogP contribution in [0.25, 0.3) is 11.1 Å². The fourth-order valence-corrected chi connectivity index (χ4v) is 5.66. The van der Waals surface area contributed by atoms with Gasteiger partial charge in [0.25, 0.3) is 5.91 Å². The molecule has 4 rings (SSSR count). The second-order valence-corrected chi connectivity index (χ2v) is 10.7. The zero-order valence-electron chi connectivity index (χ0n) is 18.0. The van der Waals surface area contributed by atoms with E-state index in [0.717, 1.165) is 29.5 Å². The first kappa shape index (κ1) is 22.0. The van der Waals surface area contributed by atoms with Crippen molar-refractivity contribution in [3.63, 3.8) is 0 Å². The molecule has 1 heterocycles. The van der Waals surface area contributed by atoms with Crippen LogP contribution in [-0.4, -0.2) is 55.3 Å². The molecule has 7 heteroatoms.